The number of rotatable bonds is 3. The third-order valence-corrected chi connectivity index (χ3v) is 9.05. The second-order valence-electron chi connectivity index (χ2n) is 11.7. The van der Waals surface area contributed by atoms with Crippen molar-refractivity contribution in [3.05, 3.63) is 156 Å². The maximum Gasteiger partial charge on any atom is 0.136 e. The molecule has 2 heteroatoms. The topological polar surface area (TPSA) is 22.4 Å². The molecule has 0 amide bonds. The summed E-state index contributed by atoms with van der Waals surface area (Å²) in [6, 6.07) is 45.2. The summed E-state index contributed by atoms with van der Waals surface area (Å²) in [7, 11) is 0. The molecule has 0 radical (unpaired) electrons. The van der Waals surface area contributed by atoms with Crippen LogP contribution in [-0.2, 0) is 6.42 Å². The van der Waals surface area contributed by atoms with Gasteiger partial charge >= 0.3 is 0 Å². The van der Waals surface area contributed by atoms with E-state index in [-0.39, 0.29) is 0 Å². The number of allylic oxidation sites excluding steroid dienone is 4. The summed E-state index contributed by atoms with van der Waals surface area (Å²) in [4.78, 5) is 0. The van der Waals surface area contributed by atoms with Crippen molar-refractivity contribution < 1.29 is 9.15 Å². The van der Waals surface area contributed by atoms with E-state index in [4.69, 9.17) is 9.15 Å². The van der Waals surface area contributed by atoms with Gasteiger partial charge in [0, 0.05) is 22.8 Å². The highest BCUT2D eigenvalue weighted by atomic mass is 16.5. The number of ether oxygens (including phenoxy) is 1. The van der Waals surface area contributed by atoms with Crippen LogP contribution in [0.15, 0.2) is 150 Å². The Morgan fingerprint density at radius 1 is 0.614 bits per heavy atom. The van der Waals surface area contributed by atoms with Gasteiger partial charge in [0.1, 0.15) is 22.7 Å². The molecule has 1 aliphatic rings. The van der Waals surface area contributed by atoms with Crippen LogP contribution in [-0.4, -0.2) is 0 Å². The van der Waals surface area contributed by atoms with E-state index < -0.39 is 0 Å². The summed E-state index contributed by atoms with van der Waals surface area (Å²) < 4.78 is 12.6. The molecule has 0 aliphatic carbocycles. The molecule has 7 aromatic carbocycles. The largest absolute Gasteiger partial charge is 0.461 e. The van der Waals surface area contributed by atoms with Crippen molar-refractivity contribution >= 4 is 59.8 Å². The number of furan rings is 1. The maximum atomic E-state index is 6.48. The first-order valence-electron chi connectivity index (χ1n) is 15.1. The number of hydrogen-bond acceptors (Lipinski definition) is 2. The minimum absolute atomic E-state index is 0.771. The highest BCUT2D eigenvalue weighted by Crippen LogP contribution is 2.43. The van der Waals surface area contributed by atoms with Crippen molar-refractivity contribution in [3.8, 4) is 16.9 Å². The number of para-hydroxylation sites is 1. The molecular weight excluding hydrogens is 536 g/mol. The van der Waals surface area contributed by atoms with Crippen LogP contribution in [0.5, 0.6) is 5.75 Å². The van der Waals surface area contributed by atoms with Gasteiger partial charge in [0.15, 0.2) is 0 Å². The van der Waals surface area contributed by atoms with Crippen LogP contribution >= 0.6 is 0 Å². The van der Waals surface area contributed by atoms with E-state index in [1.54, 1.807) is 0 Å². The molecule has 208 valence electrons. The predicted molar refractivity (Wildman–Crippen MR) is 184 cm³/mol. The van der Waals surface area contributed by atoms with Crippen molar-refractivity contribution in [1.29, 1.82) is 0 Å². The molecule has 0 saturated heterocycles. The summed E-state index contributed by atoms with van der Waals surface area (Å²) in [5.41, 5.74) is 8.03. The second kappa shape index (κ2) is 9.72. The van der Waals surface area contributed by atoms with Crippen LogP contribution < -0.4 is 4.74 Å². The highest BCUT2D eigenvalue weighted by Gasteiger charge is 2.21. The van der Waals surface area contributed by atoms with Gasteiger partial charge in [-0.2, -0.15) is 0 Å². The van der Waals surface area contributed by atoms with Gasteiger partial charge in [0.05, 0.1) is 0 Å². The van der Waals surface area contributed by atoms with E-state index >= 15 is 0 Å². The molecule has 9 rings (SSSR count). The summed E-state index contributed by atoms with van der Waals surface area (Å²) in [5.74, 6) is 1.88. The minimum atomic E-state index is 0.771. The summed E-state index contributed by atoms with van der Waals surface area (Å²) >= 11 is 0. The van der Waals surface area contributed by atoms with Crippen molar-refractivity contribution in [2.75, 3.05) is 0 Å². The Hall–Kier alpha value is -5.60. The molecule has 44 heavy (non-hydrogen) atoms. The summed E-state index contributed by atoms with van der Waals surface area (Å²) in [6.07, 6.45) is 5.14. The number of benzene rings is 7. The molecule has 8 aromatic rings. The van der Waals surface area contributed by atoms with E-state index in [2.05, 4.69) is 134 Å². The van der Waals surface area contributed by atoms with Gasteiger partial charge in [0.2, 0.25) is 0 Å². The zero-order valence-corrected chi connectivity index (χ0v) is 24.3. The van der Waals surface area contributed by atoms with Gasteiger partial charge in [-0.25, -0.2) is 0 Å². The number of hydrogen-bond donors (Lipinski definition) is 0. The van der Waals surface area contributed by atoms with Crippen molar-refractivity contribution in [1.82, 2.24) is 0 Å². The molecule has 2 nitrogen and oxygen atoms in total. The van der Waals surface area contributed by atoms with Crippen LogP contribution in [0.4, 0.5) is 0 Å². The first-order valence-corrected chi connectivity index (χ1v) is 15.1. The van der Waals surface area contributed by atoms with Crippen LogP contribution in [0.25, 0.3) is 71.0 Å². The normalized spacial score (nSPS) is 14.3. The molecule has 0 unspecified atom stereocenters. The quantitative estimate of drug-likeness (QED) is 0.199. The minimum Gasteiger partial charge on any atom is -0.461 e. The van der Waals surface area contributed by atoms with Crippen LogP contribution in [0.1, 0.15) is 18.1 Å². The van der Waals surface area contributed by atoms with E-state index in [0.29, 0.717) is 0 Å². The lowest BCUT2D eigenvalue weighted by molar-refractivity contribution is 0.447. The fraction of sp³-hybridized carbons (Fsp3) is 0.0476. The molecule has 0 spiro atoms. The molecule has 2 heterocycles. The SMILES string of the molecule is C/C(=C\C=C1/Cc2cc3ccc4oc5ccccc5c4c3cc2O1)c1c2ccccc2c(-c2ccccc2)c2ccccc12. The Kier molecular flexibility index (Phi) is 5.51. The highest BCUT2D eigenvalue weighted by molar-refractivity contribution is 6.20. The third-order valence-electron chi connectivity index (χ3n) is 9.05. The summed E-state index contributed by atoms with van der Waals surface area (Å²) in [6.45, 7) is 2.21. The van der Waals surface area contributed by atoms with Gasteiger partial charge in [-0.15, -0.1) is 0 Å². The first-order chi connectivity index (χ1) is 21.7. The molecule has 0 bridgehead atoms. The van der Waals surface area contributed by atoms with Crippen molar-refractivity contribution in [3.63, 3.8) is 0 Å². The number of fused-ring (bicyclic) bond motifs is 8. The van der Waals surface area contributed by atoms with E-state index in [1.807, 2.05) is 12.1 Å². The average molecular weight is 565 g/mol. The van der Waals surface area contributed by atoms with Crippen molar-refractivity contribution in [2.45, 2.75) is 13.3 Å². The van der Waals surface area contributed by atoms with Crippen LogP contribution in [0.2, 0.25) is 0 Å². The summed E-state index contributed by atoms with van der Waals surface area (Å²) in [5, 5.41) is 9.70. The molecule has 0 N–H and O–H groups in total. The Morgan fingerprint density at radius 3 is 2.02 bits per heavy atom. The van der Waals surface area contributed by atoms with Crippen LogP contribution in [0, 0.1) is 0 Å². The second-order valence-corrected chi connectivity index (χ2v) is 11.7. The Bertz CT molecular complexity index is 2440. The van der Waals surface area contributed by atoms with Crippen LogP contribution in [0.3, 0.4) is 0 Å². The lowest BCUT2D eigenvalue weighted by atomic mass is 9.86. The smallest absolute Gasteiger partial charge is 0.136 e. The lowest BCUT2D eigenvalue weighted by Crippen LogP contribution is -1.92. The molecular formula is C42H28O2. The molecule has 1 aromatic heterocycles. The zero-order valence-electron chi connectivity index (χ0n) is 24.3. The van der Waals surface area contributed by atoms with Crippen molar-refractivity contribution in [2.24, 2.45) is 0 Å². The zero-order chi connectivity index (χ0) is 29.2. The third kappa shape index (κ3) is 3.81. The average Bonchev–Trinajstić information content (AvgIpc) is 3.66. The van der Waals surface area contributed by atoms with E-state index in [1.165, 1.54) is 54.8 Å². The van der Waals surface area contributed by atoms with Gasteiger partial charge in [-0.05, 0) is 91.8 Å². The maximum absolute atomic E-state index is 6.48. The van der Waals surface area contributed by atoms with E-state index in [9.17, 15) is 0 Å². The standard InChI is InChI=1S/C42H28O2/c1-26(40-31-13-5-7-15-33(31)41(27-11-3-2-4-12-27)34-16-8-6-14-32(34)40)19-21-30-24-29-23-28-20-22-38-42(36(28)25-39(29)43-30)35-17-9-10-18-37(35)44-38/h2-23,25H,24H2,1H3/b26-19+,30-21+. The lowest BCUT2D eigenvalue weighted by Gasteiger charge is -2.17. The van der Waals surface area contributed by atoms with Gasteiger partial charge in [-0.3, -0.25) is 0 Å². The monoisotopic (exact) mass is 564 g/mol. The van der Waals surface area contributed by atoms with Gasteiger partial charge in [-0.1, -0.05) is 109 Å². The predicted octanol–water partition coefficient (Wildman–Crippen LogP) is 11.6. The van der Waals surface area contributed by atoms with Gasteiger partial charge in [0.25, 0.3) is 0 Å². The molecule has 0 saturated carbocycles. The first kappa shape index (κ1) is 24.9. The molecule has 1 aliphatic heterocycles. The van der Waals surface area contributed by atoms with Gasteiger partial charge < -0.3 is 9.15 Å². The fourth-order valence-electron chi connectivity index (χ4n) is 7.08. The Balaban J connectivity index is 1.15. The van der Waals surface area contributed by atoms with E-state index in [0.717, 1.165) is 45.3 Å². The fourth-order valence-corrected chi connectivity index (χ4v) is 7.08. The molecule has 0 atom stereocenters. The molecule has 0 fully saturated rings. The Labute approximate surface area is 255 Å². The Morgan fingerprint density at radius 2 is 1.27 bits per heavy atom.